The van der Waals surface area contributed by atoms with E-state index >= 15 is 0 Å². The smallest absolute Gasteiger partial charge is 0.408 e. The summed E-state index contributed by atoms with van der Waals surface area (Å²) in [6, 6.07) is 10.3. The highest BCUT2D eigenvalue weighted by Crippen LogP contribution is 2.18. The Kier molecular flexibility index (Phi) is 13.9. The summed E-state index contributed by atoms with van der Waals surface area (Å²) in [4.78, 5) is 78.2. The first-order valence-corrected chi connectivity index (χ1v) is 15.8. The van der Waals surface area contributed by atoms with Crippen molar-refractivity contribution in [3.8, 4) is 0 Å². The molecule has 0 spiro atoms. The first-order chi connectivity index (χ1) is 22.3. The van der Waals surface area contributed by atoms with Gasteiger partial charge in [-0.25, -0.2) is 9.18 Å². The number of carbonyl (C=O) groups excluding carboxylic acids is 6. The molecule has 5 N–H and O–H groups in total. The van der Waals surface area contributed by atoms with Gasteiger partial charge >= 0.3 is 6.09 Å². The Morgan fingerprint density at radius 2 is 1.47 bits per heavy atom. The third kappa shape index (κ3) is 12.1. The fraction of sp³-hybridized carbons (Fsp3) is 0.471. The number of hydrogen-bond donors (Lipinski definition) is 5. The summed E-state index contributed by atoms with van der Waals surface area (Å²) in [5, 5.41) is 13.0. The molecule has 47 heavy (non-hydrogen) atoms. The summed E-state index contributed by atoms with van der Waals surface area (Å²) in [5.74, 6) is -4.67. The average molecular weight is 654 g/mol. The number of benzene rings is 2. The van der Waals surface area contributed by atoms with Crippen LogP contribution >= 0.6 is 0 Å². The van der Waals surface area contributed by atoms with Gasteiger partial charge in [0.25, 0.3) is 5.91 Å². The molecule has 0 bridgehead atoms. The molecular weight excluding hydrogens is 609 g/mol. The van der Waals surface area contributed by atoms with Crippen LogP contribution in [0.3, 0.4) is 0 Å². The molecule has 1 fully saturated rings. The van der Waals surface area contributed by atoms with E-state index in [1.807, 2.05) is 19.9 Å². The molecule has 254 valence electrons. The van der Waals surface area contributed by atoms with Gasteiger partial charge in [-0.3, -0.25) is 24.0 Å². The molecule has 1 aliphatic heterocycles. The number of amides is 5. The number of halogens is 1. The number of ether oxygens (including phenoxy) is 1. The van der Waals surface area contributed by atoms with E-state index in [2.05, 4.69) is 26.6 Å². The zero-order chi connectivity index (χ0) is 34.5. The van der Waals surface area contributed by atoms with Crippen molar-refractivity contribution in [1.82, 2.24) is 26.6 Å². The van der Waals surface area contributed by atoms with Crippen molar-refractivity contribution in [2.75, 3.05) is 6.54 Å². The minimum Gasteiger partial charge on any atom is -0.445 e. The van der Waals surface area contributed by atoms with Crippen LogP contribution in [0.1, 0.15) is 58.1 Å². The Morgan fingerprint density at radius 1 is 0.830 bits per heavy atom. The topological polar surface area (TPSA) is 172 Å². The van der Waals surface area contributed by atoms with Gasteiger partial charge in [0.2, 0.25) is 23.5 Å². The molecule has 3 rings (SSSR count). The van der Waals surface area contributed by atoms with Crippen molar-refractivity contribution in [2.24, 2.45) is 11.8 Å². The zero-order valence-electron chi connectivity index (χ0n) is 27.1. The second-order valence-electron chi connectivity index (χ2n) is 12.3. The Balaban J connectivity index is 1.79. The lowest BCUT2D eigenvalue weighted by molar-refractivity contribution is -0.141. The number of rotatable bonds is 16. The van der Waals surface area contributed by atoms with Crippen LogP contribution in [0.25, 0.3) is 0 Å². The fourth-order valence-electron chi connectivity index (χ4n) is 5.10. The largest absolute Gasteiger partial charge is 0.445 e. The van der Waals surface area contributed by atoms with Crippen molar-refractivity contribution in [3.05, 3.63) is 71.5 Å². The molecule has 2 aromatic rings. The standard InChI is InChI=1S/C34H44FN5O7/c1-20(2)16-27(31(43)38-26(18-24-14-15-36-30(24)42)29(41)33(45)37-21(3)4)39-32(44)28(17-22-10-12-25(35)13-11-22)40-34(46)47-19-23-8-6-5-7-9-23/h5-13,20-21,24,26-28H,14-19H2,1-4H3,(H,36,42)(H,37,45)(H,38,43)(H,39,44)(H,40,46)/t24-,26-,27-,28-/m0/s1. The summed E-state index contributed by atoms with van der Waals surface area (Å²) < 4.78 is 18.9. The highest BCUT2D eigenvalue weighted by molar-refractivity contribution is 6.38. The summed E-state index contributed by atoms with van der Waals surface area (Å²) in [6.45, 7) is 7.41. The van der Waals surface area contributed by atoms with E-state index in [1.54, 1.807) is 38.1 Å². The van der Waals surface area contributed by atoms with E-state index < -0.39 is 59.5 Å². The molecule has 4 atom stereocenters. The second kappa shape index (κ2) is 17.8. The SMILES string of the molecule is CC(C)C[C@H](NC(=O)[C@H](Cc1ccc(F)cc1)NC(=O)OCc1ccccc1)C(=O)N[C@@H](C[C@@H]1CCNC1=O)C(=O)C(=O)NC(C)C. The van der Waals surface area contributed by atoms with Crippen molar-refractivity contribution < 1.29 is 37.9 Å². The minimum atomic E-state index is -1.32. The second-order valence-corrected chi connectivity index (χ2v) is 12.3. The monoisotopic (exact) mass is 653 g/mol. The lowest BCUT2D eigenvalue weighted by Gasteiger charge is -2.26. The van der Waals surface area contributed by atoms with E-state index in [4.69, 9.17) is 4.74 Å². The number of nitrogens with one attached hydrogen (secondary N) is 5. The van der Waals surface area contributed by atoms with Crippen LogP contribution in [0.15, 0.2) is 54.6 Å². The molecule has 1 heterocycles. The Labute approximate surface area is 274 Å². The van der Waals surface area contributed by atoms with Gasteiger partial charge in [-0.05, 0) is 62.3 Å². The van der Waals surface area contributed by atoms with Crippen LogP contribution in [0.4, 0.5) is 9.18 Å². The van der Waals surface area contributed by atoms with Gasteiger partial charge < -0.3 is 31.3 Å². The maximum absolute atomic E-state index is 13.7. The highest BCUT2D eigenvalue weighted by Gasteiger charge is 2.36. The van der Waals surface area contributed by atoms with Crippen LogP contribution in [-0.4, -0.2) is 66.2 Å². The van der Waals surface area contributed by atoms with Crippen molar-refractivity contribution >= 4 is 35.5 Å². The van der Waals surface area contributed by atoms with E-state index in [9.17, 15) is 33.2 Å². The Morgan fingerprint density at radius 3 is 2.06 bits per heavy atom. The molecule has 0 unspecified atom stereocenters. The van der Waals surface area contributed by atoms with Crippen LogP contribution in [0.2, 0.25) is 0 Å². The first-order valence-electron chi connectivity index (χ1n) is 15.8. The molecule has 12 nitrogen and oxygen atoms in total. The van der Waals surface area contributed by atoms with Gasteiger partial charge in [-0.1, -0.05) is 56.3 Å². The van der Waals surface area contributed by atoms with E-state index in [0.717, 1.165) is 5.56 Å². The molecule has 0 saturated carbocycles. The predicted octanol–water partition coefficient (Wildman–Crippen LogP) is 2.30. The average Bonchev–Trinajstić information content (AvgIpc) is 3.43. The molecule has 5 amide bonds. The predicted molar refractivity (Wildman–Crippen MR) is 171 cm³/mol. The van der Waals surface area contributed by atoms with Crippen LogP contribution < -0.4 is 26.6 Å². The maximum Gasteiger partial charge on any atom is 0.408 e. The quantitative estimate of drug-likeness (QED) is 0.173. The summed E-state index contributed by atoms with van der Waals surface area (Å²) >= 11 is 0. The molecule has 1 aliphatic rings. The number of ketones is 1. The maximum atomic E-state index is 13.7. The molecular formula is C34H44FN5O7. The van der Waals surface area contributed by atoms with Crippen LogP contribution in [0.5, 0.6) is 0 Å². The molecule has 0 aliphatic carbocycles. The van der Waals surface area contributed by atoms with Crippen molar-refractivity contribution in [1.29, 1.82) is 0 Å². The Bertz CT molecular complexity index is 1400. The van der Waals surface area contributed by atoms with E-state index in [0.29, 0.717) is 18.5 Å². The van der Waals surface area contributed by atoms with Crippen LogP contribution in [0, 0.1) is 17.7 Å². The van der Waals surface area contributed by atoms with Gasteiger partial charge in [0.05, 0.1) is 6.04 Å². The lowest BCUT2D eigenvalue weighted by Crippen LogP contribution is -2.58. The number of alkyl carbamates (subject to hydrolysis) is 1. The van der Waals surface area contributed by atoms with Gasteiger partial charge in [0, 0.05) is 24.9 Å². The zero-order valence-corrected chi connectivity index (χ0v) is 27.1. The van der Waals surface area contributed by atoms with Gasteiger partial charge in [-0.15, -0.1) is 0 Å². The van der Waals surface area contributed by atoms with Crippen molar-refractivity contribution in [2.45, 2.75) is 84.2 Å². The summed E-state index contributed by atoms with van der Waals surface area (Å²) in [6.07, 6.45) is -0.421. The molecule has 2 aromatic carbocycles. The van der Waals surface area contributed by atoms with E-state index in [1.165, 1.54) is 24.3 Å². The minimum absolute atomic E-state index is 0.0458. The third-order valence-corrected chi connectivity index (χ3v) is 7.47. The molecule has 1 saturated heterocycles. The van der Waals surface area contributed by atoms with Gasteiger partial charge in [0.1, 0.15) is 24.5 Å². The highest BCUT2D eigenvalue weighted by atomic mass is 19.1. The normalized spacial score (nSPS) is 16.1. The lowest BCUT2D eigenvalue weighted by atomic mass is 9.94. The van der Waals surface area contributed by atoms with Gasteiger partial charge in [-0.2, -0.15) is 0 Å². The summed E-state index contributed by atoms with van der Waals surface area (Å²) in [5.41, 5.74) is 1.27. The molecule has 13 heteroatoms. The Hall–Kier alpha value is -4.81. The van der Waals surface area contributed by atoms with E-state index in [-0.39, 0.29) is 43.7 Å². The third-order valence-electron chi connectivity index (χ3n) is 7.47. The molecule has 0 aromatic heterocycles. The molecule has 0 radical (unpaired) electrons. The number of carbonyl (C=O) groups is 6. The van der Waals surface area contributed by atoms with Crippen molar-refractivity contribution in [3.63, 3.8) is 0 Å². The number of Topliss-reactive ketones (excluding diaryl/α,β-unsaturated/α-hetero) is 1. The fourth-order valence-corrected chi connectivity index (χ4v) is 5.10. The summed E-state index contributed by atoms with van der Waals surface area (Å²) in [7, 11) is 0. The van der Waals surface area contributed by atoms with Gasteiger partial charge in [0.15, 0.2) is 0 Å². The number of hydrogen-bond acceptors (Lipinski definition) is 7. The first kappa shape index (κ1) is 36.7. The van der Waals surface area contributed by atoms with Crippen LogP contribution in [-0.2, 0) is 41.7 Å².